The van der Waals surface area contributed by atoms with Gasteiger partial charge in [0, 0.05) is 17.2 Å². The molecule has 0 aliphatic carbocycles. The first kappa shape index (κ1) is 11.4. The summed E-state index contributed by atoms with van der Waals surface area (Å²) in [6.45, 7) is 5.18. The summed E-state index contributed by atoms with van der Waals surface area (Å²) in [7, 11) is 0. The van der Waals surface area contributed by atoms with E-state index in [1.807, 2.05) is 13.8 Å². The molecule has 0 unspecified atom stereocenters. The summed E-state index contributed by atoms with van der Waals surface area (Å²) in [5, 5.41) is 2.76. The molecule has 0 aliphatic rings. The van der Waals surface area contributed by atoms with Gasteiger partial charge in [-0.25, -0.2) is 0 Å². The van der Waals surface area contributed by atoms with Crippen molar-refractivity contribution in [1.82, 2.24) is 0 Å². The molecular formula is C12H15NO2. The van der Waals surface area contributed by atoms with Crippen LogP contribution in [0, 0.1) is 5.92 Å². The molecule has 1 aromatic rings. The lowest BCUT2D eigenvalue weighted by molar-refractivity contribution is -0.118. The summed E-state index contributed by atoms with van der Waals surface area (Å²) in [5.41, 5.74) is 1.37. The minimum Gasteiger partial charge on any atom is -0.326 e. The summed E-state index contributed by atoms with van der Waals surface area (Å²) in [5.74, 6) is -0.0419. The van der Waals surface area contributed by atoms with Crippen molar-refractivity contribution in [2.24, 2.45) is 5.92 Å². The molecule has 15 heavy (non-hydrogen) atoms. The number of anilines is 1. The number of nitrogens with one attached hydrogen (secondary N) is 1. The van der Waals surface area contributed by atoms with Crippen LogP contribution in [0.4, 0.5) is 5.69 Å². The second kappa shape index (κ2) is 4.73. The van der Waals surface area contributed by atoms with E-state index in [9.17, 15) is 9.59 Å². The largest absolute Gasteiger partial charge is 0.326 e. The molecule has 80 valence electrons. The van der Waals surface area contributed by atoms with Gasteiger partial charge in [-0.15, -0.1) is 0 Å². The van der Waals surface area contributed by atoms with Crippen molar-refractivity contribution < 1.29 is 9.59 Å². The van der Waals surface area contributed by atoms with E-state index in [4.69, 9.17) is 0 Å². The molecule has 1 N–H and O–H groups in total. The molecule has 1 aromatic carbocycles. The number of benzene rings is 1. The number of amides is 1. The fourth-order valence-corrected chi connectivity index (χ4v) is 1.07. The van der Waals surface area contributed by atoms with Crippen molar-refractivity contribution in [2.45, 2.75) is 20.8 Å². The van der Waals surface area contributed by atoms with Crippen LogP contribution in [-0.2, 0) is 4.79 Å². The zero-order valence-electron chi connectivity index (χ0n) is 9.20. The molecule has 0 bridgehead atoms. The minimum atomic E-state index is -0.0440. The van der Waals surface area contributed by atoms with Crippen molar-refractivity contribution in [3.05, 3.63) is 29.8 Å². The van der Waals surface area contributed by atoms with Gasteiger partial charge in [-0.2, -0.15) is 0 Å². The van der Waals surface area contributed by atoms with E-state index < -0.39 is 0 Å². The molecule has 3 nitrogen and oxygen atoms in total. The zero-order chi connectivity index (χ0) is 11.4. The highest BCUT2D eigenvalue weighted by Gasteiger charge is 2.06. The smallest absolute Gasteiger partial charge is 0.226 e. The highest BCUT2D eigenvalue weighted by atomic mass is 16.1. The Morgan fingerprint density at radius 3 is 2.07 bits per heavy atom. The van der Waals surface area contributed by atoms with Gasteiger partial charge >= 0.3 is 0 Å². The van der Waals surface area contributed by atoms with Gasteiger partial charge in [0.2, 0.25) is 5.91 Å². The Balaban J connectivity index is 2.73. The SMILES string of the molecule is CC(=O)c1ccc(NC(=O)C(C)C)cc1. The second-order valence-corrected chi connectivity index (χ2v) is 3.78. The van der Waals surface area contributed by atoms with Crippen LogP contribution in [-0.4, -0.2) is 11.7 Å². The van der Waals surface area contributed by atoms with Gasteiger partial charge in [-0.05, 0) is 31.2 Å². The van der Waals surface area contributed by atoms with Crippen molar-refractivity contribution >= 4 is 17.4 Å². The van der Waals surface area contributed by atoms with Gasteiger partial charge in [0.05, 0.1) is 0 Å². The normalized spacial score (nSPS) is 10.1. The highest BCUT2D eigenvalue weighted by molar-refractivity contribution is 5.95. The van der Waals surface area contributed by atoms with Crippen molar-refractivity contribution in [2.75, 3.05) is 5.32 Å². The molecule has 0 spiro atoms. The van der Waals surface area contributed by atoms with E-state index in [-0.39, 0.29) is 17.6 Å². The van der Waals surface area contributed by atoms with Crippen LogP contribution < -0.4 is 5.32 Å². The summed E-state index contributed by atoms with van der Waals surface area (Å²) >= 11 is 0. The van der Waals surface area contributed by atoms with Crippen molar-refractivity contribution in [3.63, 3.8) is 0 Å². The van der Waals surface area contributed by atoms with Crippen LogP contribution in [0.2, 0.25) is 0 Å². The fourth-order valence-electron chi connectivity index (χ4n) is 1.07. The number of hydrogen-bond acceptors (Lipinski definition) is 2. The summed E-state index contributed by atoms with van der Waals surface area (Å²) in [4.78, 5) is 22.4. The maximum absolute atomic E-state index is 11.4. The van der Waals surface area contributed by atoms with Crippen LogP contribution >= 0.6 is 0 Å². The Hall–Kier alpha value is -1.64. The van der Waals surface area contributed by atoms with E-state index >= 15 is 0 Å². The van der Waals surface area contributed by atoms with E-state index in [0.29, 0.717) is 5.56 Å². The molecule has 3 heteroatoms. The first-order valence-electron chi connectivity index (χ1n) is 4.92. The third-order valence-corrected chi connectivity index (χ3v) is 2.08. The number of hydrogen-bond donors (Lipinski definition) is 1. The summed E-state index contributed by atoms with van der Waals surface area (Å²) < 4.78 is 0. The molecular weight excluding hydrogens is 190 g/mol. The number of carbonyl (C=O) groups is 2. The molecule has 0 saturated carbocycles. The second-order valence-electron chi connectivity index (χ2n) is 3.78. The standard InChI is InChI=1S/C12H15NO2/c1-8(2)12(15)13-11-6-4-10(5-7-11)9(3)14/h4-8H,1-3H3,(H,13,15). The maximum atomic E-state index is 11.4. The fraction of sp³-hybridized carbons (Fsp3) is 0.333. The van der Waals surface area contributed by atoms with Crippen molar-refractivity contribution in [1.29, 1.82) is 0 Å². The number of rotatable bonds is 3. The van der Waals surface area contributed by atoms with E-state index in [1.165, 1.54) is 6.92 Å². The van der Waals surface area contributed by atoms with Gasteiger partial charge in [-0.3, -0.25) is 9.59 Å². The van der Waals surface area contributed by atoms with E-state index in [1.54, 1.807) is 24.3 Å². The lowest BCUT2D eigenvalue weighted by atomic mass is 10.1. The highest BCUT2D eigenvalue weighted by Crippen LogP contribution is 2.11. The van der Waals surface area contributed by atoms with Gasteiger partial charge < -0.3 is 5.32 Å². The van der Waals surface area contributed by atoms with Crippen LogP contribution in [0.5, 0.6) is 0 Å². The Morgan fingerprint density at radius 2 is 1.67 bits per heavy atom. The first-order valence-corrected chi connectivity index (χ1v) is 4.92. The number of carbonyl (C=O) groups excluding carboxylic acids is 2. The van der Waals surface area contributed by atoms with Crippen LogP contribution in [0.1, 0.15) is 31.1 Å². The maximum Gasteiger partial charge on any atom is 0.226 e. The molecule has 0 aliphatic heterocycles. The lowest BCUT2D eigenvalue weighted by Crippen LogP contribution is -2.17. The Kier molecular flexibility index (Phi) is 3.61. The van der Waals surface area contributed by atoms with Gasteiger partial charge in [0.1, 0.15) is 0 Å². The third-order valence-electron chi connectivity index (χ3n) is 2.08. The monoisotopic (exact) mass is 205 g/mol. The van der Waals surface area contributed by atoms with Crippen LogP contribution in [0.25, 0.3) is 0 Å². The van der Waals surface area contributed by atoms with E-state index in [0.717, 1.165) is 5.69 Å². The predicted octanol–water partition coefficient (Wildman–Crippen LogP) is 2.48. The summed E-state index contributed by atoms with van der Waals surface area (Å²) in [6, 6.07) is 6.88. The molecule has 1 rings (SSSR count). The third kappa shape index (κ3) is 3.20. The van der Waals surface area contributed by atoms with E-state index in [2.05, 4.69) is 5.32 Å². The van der Waals surface area contributed by atoms with Crippen molar-refractivity contribution in [3.8, 4) is 0 Å². The molecule has 0 atom stereocenters. The molecule has 0 heterocycles. The molecule has 0 aromatic heterocycles. The number of Topliss-reactive ketones (excluding diaryl/α,β-unsaturated/α-hetero) is 1. The Morgan fingerprint density at radius 1 is 1.13 bits per heavy atom. The lowest BCUT2D eigenvalue weighted by Gasteiger charge is -2.07. The molecule has 1 amide bonds. The van der Waals surface area contributed by atoms with Gasteiger partial charge in [0.15, 0.2) is 5.78 Å². The average molecular weight is 205 g/mol. The predicted molar refractivity (Wildman–Crippen MR) is 59.9 cm³/mol. The first-order chi connectivity index (χ1) is 7.00. The molecule has 0 fully saturated rings. The zero-order valence-corrected chi connectivity index (χ0v) is 9.20. The summed E-state index contributed by atoms with van der Waals surface area (Å²) in [6.07, 6.45) is 0. The van der Waals surface area contributed by atoms with Crippen LogP contribution in [0.3, 0.4) is 0 Å². The van der Waals surface area contributed by atoms with Crippen LogP contribution in [0.15, 0.2) is 24.3 Å². The topological polar surface area (TPSA) is 46.2 Å². The Labute approximate surface area is 89.5 Å². The van der Waals surface area contributed by atoms with Gasteiger partial charge in [0.25, 0.3) is 0 Å². The quantitative estimate of drug-likeness (QED) is 0.770. The Bertz CT molecular complexity index is 366. The molecule has 0 saturated heterocycles. The average Bonchev–Trinajstić information content (AvgIpc) is 2.18. The minimum absolute atomic E-state index is 0.0226. The van der Waals surface area contributed by atoms with Gasteiger partial charge in [-0.1, -0.05) is 13.8 Å². The molecule has 0 radical (unpaired) electrons. The number of ketones is 1.